The van der Waals surface area contributed by atoms with Gasteiger partial charge in [-0.1, -0.05) is 43.0 Å². The molecule has 0 aliphatic carbocycles. The van der Waals surface area contributed by atoms with Crippen molar-refractivity contribution >= 4 is 0 Å². The predicted molar refractivity (Wildman–Crippen MR) is 89.6 cm³/mol. The topological polar surface area (TPSA) is 36.9 Å². The maximum absolute atomic E-state index is 5.74. The highest BCUT2D eigenvalue weighted by Gasteiger charge is 2.08. The SMILES string of the molecule is C=CC(OCc1ccccc1)OCc1ccc(OC)c(OC)c1. The Bertz CT molecular complexity index is 610. The highest BCUT2D eigenvalue weighted by molar-refractivity contribution is 5.42. The number of benzene rings is 2. The molecule has 0 saturated heterocycles. The molecule has 1 unspecified atom stereocenters. The summed E-state index contributed by atoms with van der Waals surface area (Å²) in [7, 11) is 3.22. The van der Waals surface area contributed by atoms with Crippen LogP contribution >= 0.6 is 0 Å². The molecule has 2 rings (SSSR count). The van der Waals surface area contributed by atoms with E-state index in [4.69, 9.17) is 18.9 Å². The minimum atomic E-state index is -0.469. The van der Waals surface area contributed by atoms with Gasteiger partial charge in [0.25, 0.3) is 0 Å². The molecule has 0 amide bonds. The van der Waals surface area contributed by atoms with Gasteiger partial charge in [0, 0.05) is 0 Å². The molecule has 0 radical (unpaired) electrons. The Morgan fingerprint density at radius 3 is 2.13 bits per heavy atom. The molecule has 0 heterocycles. The van der Waals surface area contributed by atoms with Gasteiger partial charge in [0.15, 0.2) is 17.8 Å². The Morgan fingerprint density at radius 2 is 1.52 bits per heavy atom. The summed E-state index contributed by atoms with van der Waals surface area (Å²) in [6, 6.07) is 15.6. The zero-order chi connectivity index (χ0) is 16.5. The Kier molecular flexibility index (Phi) is 6.66. The molecular weight excluding hydrogens is 292 g/mol. The Hall–Kier alpha value is -2.30. The van der Waals surface area contributed by atoms with E-state index in [9.17, 15) is 0 Å². The second kappa shape index (κ2) is 8.98. The van der Waals surface area contributed by atoms with Gasteiger partial charge in [-0.05, 0) is 29.3 Å². The van der Waals surface area contributed by atoms with Gasteiger partial charge in [0.2, 0.25) is 0 Å². The lowest BCUT2D eigenvalue weighted by atomic mass is 10.2. The van der Waals surface area contributed by atoms with Crippen LogP contribution in [0.4, 0.5) is 0 Å². The van der Waals surface area contributed by atoms with Crippen LogP contribution in [0.15, 0.2) is 61.2 Å². The molecule has 0 fully saturated rings. The molecule has 122 valence electrons. The van der Waals surface area contributed by atoms with Crippen molar-refractivity contribution in [1.82, 2.24) is 0 Å². The van der Waals surface area contributed by atoms with Crippen LogP contribution in [0.5, 0.6) is 11.5 Å². The molecule has 1 atom stereocenters. The average molecular weight is 314 g/mol. The van der Waals surface area contributed by atoms with Crippen LogP contribution in [-0.4, -0.2) is 20.5 Å². The van der Waals surface area contributed by atoms with E-state index in [1.54, 1.807) is 20.3 Å². The molecule has 23 heavy (non-hydrogen) atoms. The second-order valence-corrected chi connectivity index (χ2v) is 4.90. The van der Waals surface area contributed by atoms with Crippen LogP contribution in [0.1, 0.15) is 11.1 Å². The first-order valence-electron chi connectivity index (χ1n) is 7.37. The van der Waals surface area contributed by atoms with E-state index in [0.29, 0.717) is 24.7 Å². The first-order chi connectivity index (χ1) is 11.3. The standard InChI is InChI=1S/C19H22O4/c1-4-19(22-13-15-8-6-5-7-9-15)23-14-16-10-11-17(20-2)18(12-16)21-3/h4-12,19H,1,13-14H2,2-3H3. The Morgan fingerprint density at radius 1 is 0.870 bits per heavy atom. The maximum atomic E-state index is 5.74. The average Bonchev–Trinajstić information content (AvgIpc) is 2.62. The van der Waals surface area contributed by atoms with Gasteiger partial charge in [-0.2, -0.15) is 0 Å². The van der Waals surface area contributed by atoms with Crippen molar-refractivity contribution in [3.8, 4) is 11.5 Å². The molecular formula is C19H22O4. The summed E-state index contributed by atoms with van der Waals surface area (Å²) in [4.78, 5) is 0. The van der Waals surface area contributed by atoms with Crippen molar-refractivity contribution in [1.29, 1.82) is 0 Å². The summed E-state index contributed by atoms with van der Waals surface area (Å²) in [5.74, 6) is 1.37. The van der Waals surface area contributed by atoms with E-state index in [0.717, 1.165) is 11.1 Å². The third-order valence-corrected chi connectivity index (χ3v) is 3.31. The minimum absolute atomic E-state index is 0.395. The summed E-state index contributed by atoms with van der Waals surface area (Å²) in [6.07, 6.45) is 1.17. The zero-order valence-corrected chi connectivity index (χ0v) is 13.5. The van der Waals surface area contributed by atoms with Crippen molar-refractivity contribution in [3.63, 3.8) is 0 Å². The van der Waals surface area contributed by atoms with Crippen LogP contribution in [0.3, 0.4) is 0 Å². The third kappa shape index (κ3) is 5.13. The van der Waals surface area contributed by atoms with Crippen LogP contribution in [0.2, 0.25) is 0 Å². The predicted octanol–water partition coefficient (Wildman–Crippen LogP) is 3.95. The smallest absolute Gasteiger partial charge is 0.177 e. The maximum Gasteiger partial charge on any atom is 0.177 e. The molecule has 2 aromatic rings. The van der Waals surface area contributed by atoms with E-state index in [1.807, 2.05) is 48.5 Å². The molecule has 0 bridgehead atoms. The van der Waals surface area contributed by atoms with Crippen LogP contribution in [-0.2, 0) is 22.7 Å². The summed E-state index contributed by atoms with van der Waals surface area (Å²) < 4.78 is 21.9. The first kappa shape index (κ1) is 17.1. The summed E-state index contributed by atoms with van der Waals surface area (Å²) in [6.45, 7) is 4.62. The normalized spacial score (nSPS) is 11.7. The van der Waals surface area contributed by atoms with E-state index < -0.39 is 6.29 Å². The fourth-order valence-corrected chi connectivity index (χ4v) is 2.09. The monoisotopic (exact) mass is 314 g/mol. The fourth-order valence-electron chi connectivity index (χ4n) is 2.09. The quantitative estimate of drug-likeness (QED) is 0.519. The first-order valence-corrected chi connectivity index (χ1v) is 7.37. The van der Waals surface area contributed by atoms with Gasteiger partial charge in [-0.15, -0.1) is 0 Å². The Balaban J connectivity index is 1.88. The number of hydrogen-bond donors (Lipinski definition) is 0. The molecule has 4 heteroatoms. The van der Waals surface area contributed by atoms with E-state index in [2.05, 4.69) is 6.58 Å². The minimum Gasteiger partial charge on any atom is -0.493 e. The van der Waals surface area contributed by atoms with Crippen molar-refractivity contribution in [2.45, 2.75) is 19.5 Å². The van der Waals surface area contributed by atoms with Gasteiger partial charge in [-0.3, -0.25) is 0 Å². The molecule has 0 aliphatic rings. The molecule has 0 aromatic heterocycles. The Labute approximate surface area is 137 Å². The molecule has 0 saturated carbocycles. The van der Waals surface area contributed by atoms with E-state index >= 15 is 0 Å². The van der Waals surface area contributed by atoms with Crippen LogP contribution < -0.4 is 9.47 Å². The lowest BCUT2D eigenvalue weighted by Crippen LogP contribution is -2.14. The fraction of sp³-hybridized carbons (Fsp3) is 0.263. The van der Waals surface area contributed by atoms with Gasteiger partial charge in [-0.25, -0.2) is 0 Å². The highest BCUT2D eigenvalue weighted by atomic mass is 16.7. The second-order valence-electron chi connectivity index (χ2n) is 4.90. The lowest BCUT2D eigenvalue weighted by molar-refractivity contribution is -0.126. The highest BCUT2D eigenvalue weighted by Crippen LogP contribution is 2.27. The molecule has 0 aliphatic heterocycles. The van der Waals surface area contributed by atoms with Gasteiger partial charge < -0.3 is 18.9 Å². The summed E-state index contributed by atoms with van der Waals surface area (Å²) >= 11 is 0. The number of ether oxygens (including phenoxy) is 4. The van der Waals surface area contributed by atoms with Crippen LogP contribution in [0, 0.1) is 0 Å². The van der Waals surface area contributed by atoms with Crippen LogP contribution in [0.25, 0.3) is 0 Å². The summed E-state index contributed by atoms with van der Waals surface area (Å²) in [5, 5.41) is 0. The van der Waals surface area contributed by atoms with Gasteiger partial charge >= 0.3 is 0 Å². The molecule has 0 spiro atoms. The van der Waals surface area contributed by atoms with E-state index in [-0.39, 0.29) is 0 Å². The number of rotatable bonds is 9. The molecule has 0 N–H and O–H groups in total. The molecule has 2 aromatic carbocycles. The van der Waals surface area contributed by atoms with E-state index in [1.165, 1.54) is 0 Å². The third-order valence-electron chi connectivity index (χ3n) is 3.31. The van der Waals surface area contributed by atoms with Gasteiger partial charge in [0.1, 0.15) is 0 Å². The van der Waals surface area contributed by atoms with Crippen molar-refractivity contribution < 1.29 is 18.9 Å². The molecule has 4 nitrogen and oxygen atoms in total. The number of methoxy groups -OCH3 is 2. The largest absolute Gasteiger partial charge is 0.493 e. The van der Waals surface area contributed by atoms with Crippen molar-refractivity contribution in [2.24, 2.45) is 0 Å². The zero-order valence-electron chi connectivity index (χ0n) is 13.5. The van der Waals surface area contributed by atoms with Gasteiger partial charge in [0.05, 0.1) is 27.4 Å². The number of hydrogen-bond acceptors (Lipinski definition) is 4. The summed E-state index contributed by atoms with van der Waals surface area (Å²) in [5.41, 5.74) is 2.06. The lowest BCUT2D eigenvalue weighted by Gasteiger charge is -2.16. The van der Waals surface area contributed by atoms with Crippen molar-refractivity contribution in [2.75, 3.05) is 14.2 Å². The van der Waals surface area contributed by atoms with Crippen molar-refractivity contribution in [3.05, 3.63) is 72.3 Å².